The van der Waals surface area contributed by atoms with Crippen molar-refractivity contribution in [3.8, 4) is 44.5 Å². The normalized spacial score (nSPS) is 12.9. The van der Waals surface area contributed by atoms with E-state index in [1.807, 2.05) is 11.3 Å². The molecule has 0 radical (unpaired) electrons. The summed E-state index contributed by atoms with van der Waals surface area (Å²) in [5, 5.41) is 8.89. The van der Waals surface area contributed by atoms with Crippen LogP contribution in [0.25, 0.3) is 86.9 Å². The predicted octanol–water partition coefficient (Wildman–Crippen LogP) is 22.6. The minimum atomic E-state index is -0.158. The summed E-state index contributed by atoms with van der Waals surface area (Å²) in [4.78, 5) is 7.77. The number of benzene rings is 14. The summed E-state index contributed by atoms with van der Waals surface area (Å²) in [6.45, 7) is 13.8. The molecule has 0 saturated heterocycles. The van der Waals surface area contributed by atoms with Gasteiger partial charge in [-0.2, -0.15) is 0 Å². The molecule has 0 fully saturated rings. The van der Waals surface area contributed by atoms with Crippen molar-refractivity contribution in [2.24, 2.45) is 0 Å². The third kappa shape index (κ3) is 9.08. The average molecular weight is 1180 g/mol. The van der Waals surface area contributed by atoms with Gasteiger partial charge in [0.2, 0.25) is 0 Å². The van der Waals surface area contributed by atoms with Crippen LogP contribution < -0.4 is 30.4 Å². The van der Waals surface area contributed by atoms with E-state index in [-0.39, 0.29) is 17.5 Å². The summed E-state index contributed by atoms with van der Waals surface area (Å²) in [6.07, 6.45) is 0. The van der Waals surface area contributed by atoms with Crippen LogP contribution in [0.4, 0.5) is 51.2 Å². The molecule has 0 amide bonds. The van der Waals surface area contributed by atoms with Gasteiger partial charge in [0, 0.05) is 54.6 Å². The standard InChI is InChI=1S/C86H66BN3S/c1-85(2,3)64-39-42-68(43-40-64)89-77-53-69(88(66-29-15-9-16-30-66)67-31-17-10-18-32-67)54-78-82(77)87(84-83(89)73-50-62(38-48-79(73)91-84)56-23-13-8-14-24-56)74-51-63(61-28-20-27-60(49-61)55-21-11-7-12-22-55)37-46-76(74)90(78)75-47-41-65(86(4,5)6)52-72(75)70-44-35-59-34-33-57-25-19-26-58-36-45-71(70)81(59)80(57)58/h7-54H,1-6H3. The van der Waals surface area contributed by atoms with E-state index >= 15 is 0 Å². The Morgan fingerprint density at radius 3 is 1.51 bits per heavy atom. The number of nitrogens with zero attached hydrogens (tertiary/aromatic N) is 3. The van der Waals surface area contributed by atoms with Crippen LogP contribution in [0.15, 0.2) is 291 Å². The van der Waals surface area contributed by atoms with Crippen LogP contribution >= 0.6 is 11.3 Å². The van der Waals surface area contributed by atoms with Crippen LogP contribution in [-0.4, -0.2) is 6.71 Å². The first-order chi connectivity index (χ1) is 44.4. The van der Waals surface area contributed by atoms with E-state index in [1.165, 1.54) is 119 Å². The van der Waals surface area contributed by atoms with Crippen LogP contribution in [0.3, 0.4) is 0 Å². The van der Waals surface area contributed by atoms with E-state index < -0.39 is 0 Å². The molecule has 3 heterocycles. The molecule has 0 atom stereocenters. The Bertz CT molecular complexity index is 5260. The highest BCUT2D eigenvalue weighted by Crippen LogP contribution is 2.54. The van der Waals surface area contributed by atoms with Crippen LogP contribution in [-0.2, 0) is 10.8 Å². The number of rotatable bonds is 9. The van der Waals surface area contributed by atoms with Crippen LogP contribution in [0.2, 0.25) is 0 Å². The van der Waals surface area contributed by atoms with Crippen molar-refractivity contribution >= 4 is 127 Å². The molecule has 91 heavy (non-hydrogen) atoms. The van der Waals surface area contributed by atoms with Crippen LogP contribution in [0.5, 0.6) is 0 Å². The van der Waals surface area contributed by atoms with Crippen LogP contribution in [0.1, 0.15) is 52.7 Å². The smallest absolute Gasteiger partial charge is 0.264 e. The third-order valence-corrected chi connectivity index (χ3v) is 20.5. The Morgan fingerprint density at radius 2 is 0.857 bits per heavy atom. The van der Waals surface area contributed by atoms with Gasteiger partial charge >= 0.3 is 0 Å². The zero-order valence-electron chi connectivity index (χ0n) is 52.0. The van der Waals surface area contributed by atoms with Gasteiger partial charge in [-0.15, -0.1) is 11.3 Å². The molecule has 3 nitrogen and oxygen atoms in total. The topological polar surface area (TPSA) is 9.72 Å². The molecule has 0 aliphatic carbocycles. The molecule has 434 valence electrons. The first-order valence-electron chi connectivity index (χ1n) is 31.9. The number of anilines is 9. The number of para-hydroxylation sites is 2. The van der Waals surface area contributed by atoms with E-state index in [0.717, 1.165) is 45.5 Å². The molecular weight excluding hydrogens is 1120 g/mol. The summed E-state index contributed by atoms with van der Waals surface area (Å²) in [6, 6.07) is 110. The number of fused-ring (bicyclic) bond motifs is 6. The van der Waals surface area contributed by atoms with Gasteiger partial charge in [0.15, 0.2) is 0 Å². The molecule has 17 rings (SSSR count). The number of hydrogen-bond acceptors (Lipinski definition) is 4. The fourth-order valence-electron chi connectivity index (χ4n) is 14.7. The molecule has 0 saturated carbocycles. The summed E-state index contributed by atoms with van der Waals surface area (Å²) in [5.74, 6) is 0. The van der Waals surface area contributed by atoms with Gasteiger partial charge in [-0.25, -0.2) is 0 Å². The highest BCUT2D eigenvalue weighted by atomic mass is 32.1. The molecule has 0 unspecified atom stereocenters. The summed E-state index contributed by atoms with van der Waals surface area (Å²) >= 11 is 1.95. The fraction of sp³-hybridized carbons (Fsp3) is 0.0930. The van der Waals surface area contributed by atoms with Crippen molar-refractivity contribution in [1.29, 1.82) is 0 Å². The molecule has 5 heteroatoms. The number of thiophene rings is 1. The van der Waals surface area contributed by atoms with Crippen molar-refractivity contribution in [3.63, 3.8) is 0 Å². The van der Waals surface area contributed by atoms with Gasteiger partial charge in [0.25, 0.3) is 6.71 Å². The Balaban J connectivity index is 1.02. The van der Waals surface area contributed by atoms with E-state index in [4.69, 9.17) is 0 Å². The molecular formula is C86H66BN3S. The van der Waals surface area contributed by atoms with E-state index in [0.29, 0.717) is 0 Å². The minimum absolute atomic E-state index is 0.0429. The second-order valence-electron chi connectivity index (χ2n) is 26.9. The molecule has 0 bridgehead atoms. The molecule has 2 aliphatic rings. The van der Waals surface area contributed by atoms with Crippen molar-refractivity contribution < 1.29 is 0 Å². The second-order valence-corrected chi connectivity index (χ2v) is 28.0. The largest absolute Gasteiger partial charge is 0.311 e. The molecule has 1 aromatic heterocycles. The van der Waals surface area contributed by atoms with Gasteiger partial charge in [0.05, 0.1) is 17.1 Å². The lowest BCUT2D eigenvalue weighted by Crippen LogP contribution is -2.60. The Kier molecular flexibility index (Phi) is 12.7. The Hall–Kier alpha value is -10.5. The average Bonchev–Trinajstić information content (AvgIpc) is 1.69. The van der Waals surface area contributed by atoms with Gasteiger partial charge in [-0.05, 0) is 189 Å². The van der Waals surface area contributed by atoms with Crippen molar-refractivity contribution in [3.05, 3.63) is 302 Å². The molecule has 15 aromatic rings. The van der Waals surface area contributed by atoms with Gasteiger partial charge in [-0.1, -0.05) is 248 Å². The van der Waals surface area contributed by atoms with Gasteiger partial charge < -0.3 is 14.7 Å². The Labute approximate surface area is 537 Å². The second kappa shape index (κ2) is 21.1. The molecule has 14 aromatic carbocycles. The Morgan fingerprint density at radius 1 is 0.341 bits per heavy atom. The van der Waals surface area contributed by atoms with E-state index in [2.05, 4.69) is 347 Å². The molecule has 0 N–H and O–H groups in total. The summed E-state index contributed by atoms with van der Waals surface area (Å²) in [5.41, 5.74) is 24.7. The van der Waals surface area contributed by atoms with Gasteiger partial charge in [0.1, 0.15) is 0 Å². The number of hydrogen-bond donors (Lipinski definition) is 0. The van der Waals surface area contributed by atoms with Crippen molar-refractivity contribution in [1.82, 2.24) is 0 Å². The minimum Gasteiger partial charge on any atom is -0.311 e. The third-order valence-electron chi connectivity index (χ3n) is 19.3. The maximum atomic E-state index is 2.67. The first kappa shape index (κ1) is 54.7. The van der Waals surface area contributed by atoms with E-state index in [1.54, 1.807) is 0 Å². The van der Waals surface area contributed by atoms with Crippen molar-refractivity contribution in [2.45, 2.75) is 52.4 Å². The first-order valence-corrected chi connectivity index (χ1v) is 32.7. The lowest BCUT2D eigenvalue weighted by atomic mass is 9.36. The van der Waals surface area contributed by atoms with Crippen molar-refractivity contribution in [2.75, 3.05) is 14.7 Å². The van der Waals surface area contributed by atoms with E-state index in [9.17, 15) is 0 Å². The predicted molar refractivity (Wildman–Crippen MR) is 393 cm³/mol. The highest BCUT2D eigenvalue weighted by Gasteiger charge is 2.47. The maximum absolute atomic E-state index is 2.67. The fourth-order valence-corrected chi connectivity index (χ4v) is 16.0. The summed E-state index contributed by atoms with van der Waals surface area (Å²) in [7, 11) is 0. The van der Waals surface area contributed by atoms with Crippen LogP contribution in [0, 0.1) is 0 Å². The quantitative estimate of drug-likeness (QED) is 0.105. The lowest BCUT2D eigenvalue weighted by Gasteiger charge is -2.44. The molecule has 0 spiro atoms. The zero-order chi connectivity index (χ0) is 61.3. The lowest BCUT2D eigenvalue weighted by molar-refractivity contribution is 0.590. The maximum Gasteiger partial charge on any atom is 0.264 e. The highest BCUT2D eigenvalue weighted by molar-refractivity contribution is 7.33. The zero-order valence-corrected chi connectivity index (χ0v) is 52.9. The monoisotopic (exact) mass is 1180 g/mol. The van der Waals surface area contributed by atoms with Gasteiger partial charge in [-0.3, -0.25) is 0 Å². The summed E-state index contributed by atoms with van der Waals surface area (Å²) < 4.78 is 2.59. The SMILES string of the molecule is CC(C)(C)c1ccc(N2c3cc(N(c4ccccc4)c4ccccc4)cc4c3B(c3cc(-c5cccc(-c6ccccc6)c5)ccc3N4c3ccc(C(C)(C)C)cc3-c3ccc4ccc5cccc6ccc3c4c56)c3sc4ccc(-c5ccccc5)cc4c32)cc1. The molecule has 2 aliphatic heterocycles.